The molecule has 1 amide bonds. The van der Waals surface area contributed by atoms with Crippen LogP contribution >= 0.6 is 15.9 Å². The van der Waals surface area contributed by atoms with E-state index in [-0.39, 0.29) is 24.0 Å². The molecule has 2 aromatic carbocycles. The molecule has 0 N–H and O–H groups in total. The second-order valence-electron chi connectivity index (χ2n) is 6.45. The molecule has 0 unspecified atom stereocenters. The molecule has 0 atom stereocenters. The minimum atomic E-state index is -0.524. The Balaban J connectivity index is 1.47. The van der Waals surface area contributed by atoms with Gasteiger partial charge in [0.2, 0.25) is 0 Å². The summed E-state index contributed by atoms with van der Waals surface area (Å²) in [5.74, 6) is -0.679. The predicted octanol–water partition coefficient (Wildman–Crippen LogP) is 3.22. The van der Waals surface area contributed by atoms with Crippen LogP contribution in [-0.2, 0) is 11.3 Å². The highest BCUT2D eigenvalue weighted by Crippen LogP contribution is 2.21. The highest BCUT2D eigenvalue weighted by atomic mass is 79.9. The van der Waals surface area contributed by atoms with E-state index < -0.39 is 10.7 Å². The number of rotatable bonds is 6. The van der Waals surface area contributed by atoms with Gasteiger partial charge < -0.3 is 9.64 Å². The van der Waals surface area contributed by atoms with Crippen molar-refractivity contribution in [1.82, 2.24) is 9.80 Å². The Hall–Kier alpha value is -2.52. The van der Waals surface area contributed by atoms with Crippen molar-refractivity contribution in [3.8, 4) is 5.75 Å². The van der Waals surface area contributed by atoms with Crippen LogP contribution in [0, 0.1) is 15.9 Å². The molecule has 3 rings (SSSR count). The number of carbonyl (C=O) groups is 1. The van der Waals surface area contributed by atoms with Crippen molar-refractivity contribution < 1.29 is 18.8 Å². The van der Waals surface area contributed by atoms with E-state index in [1.54, 1.807) is 23.1 Å². The number of hydrogen-bond donors (Lipinski definition) is 0. The molecule has 1 fully saturated rings. The largest absolute Gasteiger partial charge is 0.481 e. The second kappa shape index (κ2) is 9.11. The van der Waals surface area contributed by atoms with Crippen LogP contribution in [0.2, 0.25) is 0 Å². The van der Waals surface area contributed by atoms with E-state index in [4.69, 9.17) is 4.74 Å². The Morgan fingerprint density at radius 2 is 1.93 bits per heavy atom. The third-order valence-corrected chi connectivity index (χ3v) is 4.99. The van der Waals surface area contributed by atoms with Gasteiger partial charge in [-0.05, 0) is 23.8 Å². The number of halogens is 2. The molecule has 0 bridgehead atoms. The summed E-state index contributed by atoms with van der Waals surface area (Å²) in [5, 5.41) is 10.9. The molecule has 1 aliphatic heterocycles. The second-order valence-corrected chi connectivity index (χ2v) is 7.36. The topological polar surface area (TPSA) is 75.9 Å². The summed E-state index contributed by atoms with van der Waals surface area (Å²) in [5.41, 5.74) is 0.937. The van der Waals surface area contributed by atoms with E-state index >= 15 is 0 Å². The van der Waals surface area contributed by atoms with Crippen LogP contribution in [0.3, 0.4) is 0 Å². The first-order valence-electron chi connectivity index (χ1n) is 8.73. The van der Waals surface area contributed by atoms with Gasteiger partial charge in [0.1, 0.15) is 0 Å². The maximum Gasteiger partial charge on any atom is 0.269 e. The number of nitrogens with zero attached hydrogens (tertiary/aromatic N) is 3. The molecule has 1 aliphatic rings. The van der Waals surface area contributed by atoms with Crippen molar-refractivity contribution in [2.24, 2.45) is 0 Å². The van der Waals surface area contributed by atoms with E-state index in [0.29, 0.717) is 37.2 Å². The molecule has 7 nitrogen and oxygen atoms in total. The molecule has 0 spiro atoms. The van der Waals surface area contributed by atoms with Crippen molar-refractivity contribution in [3.05, 3.63) is 68.4 Å². The molecule has 0 aliphatic carbocycles. The summed E-state index contributed by atoms with van der Waals surface area (Å²) >= 11 is 3.17. The number of nitro benzene ring substituents is 1. The quantitative estimate of drug-likeness (QED) is 0.497. The number of ether oxygens (including phenoxy) is 1. The number of non-ortho nitro benzene ring substituents is 1. The van der Waals surface area contributed by atoms with Crippen LogP contribution in [0.15, 0.2) is 46.9 Å². The zero-order valence-corrected chi connectivity index (χ0v) is 16.6. The number of nitro groups is 1. The van der Waals surface area contributed by atoms with Gasteiger partial charge in [-0.25, -0.2) is 4.39 Å². The lowest BCUT2D eigenvalue weighted by atomic mass is 10.1. The van der Waals surface area contributed by atoms with Gasteiger partial charge >= 0.3 is 0 Å². The van der Waals surface area contributed by atoms with E-state index in [9.17, 15) is 19.3 Å². The average molecular weight is 452 g/mol. The van der Waals surface area contributed by atoms with Crippen molar-refractivity contribution >= 4 is 27.5 Å². The van der Waals surface area contributed by atoms with Crippen molar-refractivity contribution in [3.63, 3.8) is 0 Å². The Bertz CT molecular complexity index is 872. The van der Waals surface area contributed by atoms with E-state index in [2.05, 4.69) is 20.8 Å². The molecular weight excluding hydrogens is 433 g/mol. The Morgan fingerprint density at radius 3 is 2.61 bits per heavy atom. The maximum atomic E-state index is 13.8. The molecule has 1 heterocycles. The standard InChI is InChI=1S/C19H19BrFN3O4/c20-15-4-5-18(17(21)11-15)28-13-19(25)23-8-6-22(7-9-23)12-14-2-1-3-16(10-14)24(26)27/h1-5,10-11H,6-9,12-13H2. The van der Waals surface area contributed by atoms with Crippen LogP contribution in [0.4, 0.5) is 10.1 Å². The van der Waals surface area contributed by atoms with Crippen molar-refractivity contribution in [2.75, 3.05) is 32.8 Å². The molecule has 0 radical (unpaired) electrons. The van der Waals surface area contributed by atoms with Gasteiger partial charge in [-0.2, -0.15) is 0 Å². The van der Waals surface area contributed by atoms with Gasteiger partial charge in [-0.1, -0.05) is 28.1 Å². The fourth-order valence-corrected chi connectivity index (χ4v) is 3.34. The first kappa shape index (κ1) is 20.2. The minimum Gasteiger partial charge on any atom is -0.481 e. The van der Waals surface area contributed by atoms with Crippen molar-refractivity contribution in [2.45, 2.75) is 6.54 Å². The Morgan fingerprint density at radius 1 is 1.18 bits per heavy atom. The first-order valence-corrected chi connectivity index (χ1v) is 9.53. The number of amides is 1. The van der Waals surface area contributed by atoms with Gasteiger partial charge in [0, 0.05) is 49.3 Å². The molecule has 1 saturated heterocycles. The van der Waals surface area contributed by atoms with Gasteiger partial charge in [-0.15, -0.1) is 0 Å². The maximum absolute atomic E-state index is 13.8. The Kier molecular flexibility index (Phi) is 6.58. The fourth-order valence-electron chi connectivity index (χ4n) is 3.01. The van der Waals surface area contributed by atoms with Gasteiger partial charge in [0.25, 0.3) is 11.6 Å². The lowest BCUT2D eigenvalue weighted by Gasteiger charge is -2.34. The molecule has 2 aromatic rings. The summed E-state index contributed by atoms with van der Waals surface area (Å²) in [6.45, 7) is 2.73. The van der Waals surface area contributed by atoms with Crippen LogP contribution < -0.4 is 4.74 Å². The van der Waals surface area contributed by atoms with E-state index in [1.807, 2.05) is 6.07 Å². The zero-order valence-electron chi connectivity index (χ0n) is 15.0. The molecule has 28 heavy (non-hydrogen) atoms. The van der Waals surface area contributed by atoms with E-state index in [0.717, 1.165) is 5.56 Å². The smallest absolute Gasteiger partial charge is 0.269 e. The van der Waals surface area contributed by atoms with Gasteiger partial charge in [-0.3, -0.25) is 19.8 Å². The summed E-state index contributed by atoms with van der Waals surface area (Å²) in [6.07, 6.45) is 0. The summed E-state index contributed by atoms with van der Waals surface area (Å²) in [6, 6.07) is 11.0. The molecule has 0 saturated carbocycles. The number of piperazine rings is 1. The first-order chi connectivity index (χ1) is 13.4. The summed E-state index contributed by atoms with van der Waals surface area (Å²) in [4.78, 5) is 26.6. The lowest BCUT2D eigenvalue weighted by molar-refractivity contribution is -0.384. The fraction of sp³-hybridized carbons (Fsp3) is 0.316. The summed E-state index contributed by atoms with van der Waals surface area (Å²) < 4.78 is 19.7. The predicted molar refractivity (Wildman–Crippen MR) is 105 cm³/mol. The number of carbonyl (C=O) groups excluding carboxylic acids is 1. The van der Waals surface area contributed by atoms with Crippen LogP contribution in [-0.4, -0.2) is 53.4 Å². The number of hydrogen-bond acceptors (Lipinski definition) is 5. The van der Waals surface area contributed by atoms with Crippen LogP contribution in [0.5, 0.6) is 5.75 Å². The highest BCUT2D eigenvalue weighted by molar-refractivity contribution is 9.10. The summed E-state index contributed by atoms with van der Waals surface area (Å²) in [7, 11) is 0. The molecular formula is C19H19BrFN3O4. The molecule has 148 valence electrons. The highest BCUT2D eigenvalue weighted by Gasteiger charge is 2.22. The zero-order chi connectivity index (χ0) is 20.1. The van der Waals surface area contributed by atoms with E-state index in [1.165, 1.54) is 18.2 Å². The van der Waals surface area contributed by atoms with Crippen molar-refractivity contribution in [1.29, 1.82) is 0 Å². The average Bonchev–Trinajstić information content (AvgIpc) is 2.68. The van der Waals surface area contributed by atoms with Gasteiger partial charge in [0.05, 0.1) is 4.92 Å². The third-order valence-electron chi connectivity index (χ3n) is 4.50. The monoisotopic (exact) mass is 451 g/mol. The number of benzene rings is 2. The third kappa shape index (κ3) is 5.26. The van der Waals surface area contributed by atoms with Crippen LogP contribution in [0.25, 0.3) is 0 Å². The molecule has 9 heteroatoms. The normalized spacial score (nSPS) is 14.7. The van der Waals surface area contributed by atoms with Crippen LogP contribution in [0.1, 0.15) is 5.56 Å². The SMILES string of the molecule is O=C(COc1ccc(Br)cc1F)N1CCN(Cc2cccc([N+](=O)[O-])c2)CC1. The minimum absolute atomic E-state index is 0.0425. The molecule has 0 aromatic heterocycles. The Labute approximate surface area is 170 Å². The lowest BCUT2D eigenvalue weighted by Crippen LogP contribution is -2.49. The van der Waals surface area contributed by atoms with Gasteiger partial charge in [0.15, 0.2) is 18.2 Å².